The van der Waals surface area contributed by atoms with Gasteiger partial charge in [-0.1, -0.05) is 36.4 Å². The maximum Gasteiger partial charge on any atom is 0.254 e. The molecule has 0 bridgehead atoms. The predicted molar refractivity (Wildman–Crippen MR) is 111 cm³/mol. The highest BCUT2D eigenvalue weighted by Gasteiger charge is 2.25. The first-order chi connectivity index (χ1) is 13.7. The summed E-state index contributed by atoms with van der Waals surface area (Å²) in [7, 11) is 0. The Kier molecular flexibility index (Phi) is 5.72. The molecule has 146 valence electrons. The van der Waals surface area contributed by atoms with Crippen LogP contribution in [-0.2, 0) is 11.2 Å². The molecule has 0 radical (unpaired) electrons. The van der Waals surface area contributed by atoms with Gasteiger partial charge in [-0.05, 0) is 36.6 Å². The highest BCUT2D eigenvalue weighted by Crippen LogP contribution is 2.23. The van der Waals surface area contributed by atoms with Gasteiger partial charge in [-0.25, -0.2) is 0 Å². The first-order valence-electron chi connectivity index (χ1n) is 10.2. The second kappa shape index (κ2) is 8.57. The van der Waals surface area contributed by atoms with Crippen molar-refractivity contribution in [3.05, 3.63) is 65.7 Å². The summed E-state index contributed by atoms with van der Waals surface area (Å²) in [6.07, 6.45) is 2.53. The Bertz CT molecular complexity index is 829. The molecule has 0 spiro atoms. The SMILES string of the molecule is O=C(c1cccc(N2CCCC2=O)c1)N1CCN(CCc2ccccc2)CC1. The quantitative estimate of drug-likeness (QED) is 0.805. The molecule has 2 saturated heterocycles. The van der Waals surface area contributed by atoms with E-state index in [0.29, 0.717) is 12.0 Å². The van der Waals surface area contributed by atoms with Gasteiger partial charge >= 0.3 is 0 Å². The topological polar surface area (TPSA) is 43.9 Å². The summed E-state index contributed by atoms with van der Waals surface area (Å²) < 4.78 is 0. The molecule has 2 aromatic rings. The molecule has 2 aliphatic heterocycles. The molecule has 2 heterocycles. The lowest BCUT2D eigenvalue weighted by atomic mass is 10.1. The molecule has 0 aliphatic carbocycles. The average Bonchev–Trinajstić information content (AvgIpc) is 3.19. The minimum atomic E-state index is 0.0659. The number of piperazine rings is 1. The van der Waals surface area contributed by atoms with E-state index >= 15 is 0 Å². The van der Waals surface area contributed by atoms with E-state index in [1.54, 1.807) is 4.90 Å². The van der Waals surface area contributed by atoms with E-state index in [4.69, 9.17) is 0 Å². The number of amides is 2. The second-order valence-corrected chi connectivity index (χ2v) is 7.57. The molecule has 5 nitrogen and oxygen atoms in total. The molecule has 0 unspecified atom stereocenters. The van der Waals surface area contributed by atoms with E-state index in [1.165, 1.54) is 5.56 Å². The van der Waals surface area contributed by atoms with Crippen molar-refractivity contribution >= 4 is 17.5 Å². The largest absolute Gasteiger partial charge is 0.336 e. The Hall–Kier alpha value is -2.66. The summed E-state index contributed by atoms with van der Waals surface area (Å²) in [5.74, 6) is 0.216. The van der Waals surface area contributed by atoms with Crippen LogP contribution in [0, 0.1) is 0 Å². The lowest BCUT2D eigenvalue weighted by molar-refractivity contribution is -0.117. The third kappa shape index (κ3) is 4.25. The smallest absolute Gasteiger partial charge is 0.254 e. The maximum atomic E-state index is 12.9. The lowest BCUT2D eigenvalue weighted by Crippen LogP contribution is -2.49. The average molecular weight is 377 g/mol. The zero-order valence-electron chi connectivity index (χ0n) is 16.2. The summed E-state index contributed by atoms with van der Waals surface area (Å²) in [6.45, 7) is 5.09. The Labute approximate surface area is 166 Å². The number of hydrogen-bond donors (Lipinski definition) is 0. The predicted octanol–water partition coefficient (Wildman–Crippen LogP) is 2.81. The van der Waals surface area contributed by atoms with E-state index in [2.05, 4.69) is 29.2 Å². The van der Waals surface area contributed by atoms with Gasteiger partial charge in [0, 0.05) is 56.9 Å². The fourth-order valence-corrected chi connectivity index (χ4v) is 4.02. The standard InChI is InChI=1S/C23H27N3O2/c27-22-10-5-12-26(22)21-9-4-8-20(18-21)23(28)25-16-14-24(15-17-25)13-11-19-6-2-1-3-7-19/h1-4,6-9,18H,5,10-17H2. The summed E-state index contributed by atoms with van der Waals surface area (Å²) >= 11 is 0. The van der Waals surface area contributed by atoms with E-state index in [1.807, 2.05) is 35.2 Å². The number of rotatable bonds is 5. The molecular formula is C23H27N3O2. The van der Waals surface area contributed by atoms with Crippen LogP contribution in [0.1, 0.15) is 28.8 Å². The molecule has 2 aromatic carbocycles. The van der Waals surface area contributed by atoms with Crippen LogP contribution in [0.15, 0.2) is 54.6 Å². The highest BCUT2D eigenvalue weighted by molar-refractivity contribution is 5.99. The van der Waals surface area contributed by atoms with Crippen molar-refractivity contribution in [2.45, 2.75) is 19.3 Å². The fourth-order valence-electron chi connectivity index (χ4n) is 4.02. The van der Waals surface area contributed by atoms with Gasteiger partial charge in [0.1, 0.15) is 0 Å². The van der Waals surface area contributed by atoms with Crippen molar-refractivity contribution in [1.82, 2.24) is 9.80 Å². The van der Waals surface area contributed by atoms with Crippen molar-refractivity contribution in [2.75, 3.05) is 44.2 Å². The van der Waals surface area contributed by atoms with Crippen molar-refractivity contribution in [2.24, 2.45) is 0 Å². The summed E-state index contributed by atoms with van der Waals surface area (Å²) in [4.78, 5) is 31.1. The first kappa shape index (κ1) is 18.7. The molecule has 2 aliphatic rings. The van der Waals surface area contributed by atoms with Crippen LogP contribution in [0.2, 0.25) is 0 Å². The van der Waals surface area contributed by atoms with Crippen LogP contribution >= 0.6 is 0 Å². The van der Waals surface area contributed by atoms with Gasteiger partial charge in [0.05, 0.1) is 0 Å². The van der Waals surface area contributed by atoms with Gasteiger partial charge in [-0.3, -0.25) is 14.5 Å². The molecule has 5 heteroatoms. The molecule has 2 fully saturated rings. The van der Waals surface area contributed by atoms with Crippen LogP contribution in [0.4, 0.5) is 5.69 Å². The summed E-state index contributed by atoms with van der Waals surface area (Å²) in [5, 5.41) is 0. The van der Waals surface area contributed by atoms with Gasteiger partial charge in [-0.15, -0.1) is 0 Å². The van der Waals surface area contributed by atoms with Crippen LogP contribution in [0.5, 0.6) is 0 Å². The van der Waals surface area contributed by atoms with E-state index in [9.17, 15) is 9.59 Å². The van der Waals surface area contributed by atoms with Gasteiger partial charge in [-0.2, -0.15) is 0 Å². The van der Waals surface area contributed by atoms with Gasteiger partial charge in [0.2, 0.25) is 5.91 Å². The van der Waals surface area contributed by atoms with Crippen LogP contribution < -0.4 is 4.90 Å². The highest BCUT2D eigenvalue weighted by atomic mass is 16.2. The van der Waals surface area contributed by atoms with Crippen LogP contribution in [-0.4, -0.2) is 60.9 Å². The molecule has 2 amide bonds. The molecule has 4 rings (SSSR count). The molecule has 0 atom stereocenters. The summed E-state index contributed by atoms with van der Waals surface area (Å²) in [6, 6.07) is 18.1. The van der Waals surface area contributed by atoms with Crippen molar-refractivity contribution < 1.29 is 9.59 Å². The van der Waals surface area contributed by atoms with E-state index < -0.39 is 0 Å². The number of carbonyl (C=O) groups excluding carboxylic acids is 2. The second-order valence-electron chi connectivity index (χ2n) is 7.57. The van der Waals surface area contributed by atoms with Gasteiger partial charge in [0.25, 0.3) is 5.91 Å². The third-order valence-electron chi connectivity index (χ3n) is 5.70. The van der Waals surface area contributed by atoms with E-state index in [-0.39, 0.29) is 11.8 Å². The zero-order chi connectivity index (χ0) is 19.3. The number of nitrogens with zero attached hydrogens (tertiary/aromatic N) is 3. The zero-order valence-corrected chi connectivity index (χ0v) is 16.2. The molecule has 28 heavy (non-hydrogen) atoms. The van der Waals surface area contributed by atoms with Crippen molar-refractivity contribution in [3.63, 3.8) is 0 Å². The van der Waals surface area contributed by atoms with E-state index in [0.717, 1.165) is 57.8 Å². The molecule has 0 saturated carbocycles. The normalized spacial score (nSPS) is 17.9. The number of carbonyl (C=O) groups is 2. The number of benzene rings is 2. The Balaban J connectivity index is 1.32. The minimum Gasteiger partial charge on any atom is -0.336 e. The Morgan fingerprint density at radius 3 is 2.39 bits per heavy atom. The first-order valence-corrected chi connectivity index (χ1v) is 10.2. The molecule has 0 N–H and O–H groups in total. The van der Waals surface area contributed by atoms with Crippen molar-refractivity contribution in [3.8, 4) is 0 Å². The van der Waals surface area contributed by atoms with Crippen LogP contribution in [0.3, 0.4) is 0 Å². The maximum absolute atomic E-state index is 12.9. The number of anilines is 1. The minimum absolute atomic E-state index is 0.0659. The van der Waals surface area contributed by atoms with Gasteiger partial charge in [0.15, 0.2) is 0 Å². The number of hydrogen-bond acceptors (Lipinski definition) is 3. The monoisotopic (exact) mass is 377 g/mol. The van der Waals surface area contributed by atoms with Crippen molar-refractivity contribution in [1.29, 1.82) is 0 Å². The Morgan fingerprint density at radius 1 is 0.893 bits per heavy atom. The summed E-state index contributed by atoms with van der Waals surface area (Å²) in [5.41, 5.74) is 2.87. The third-order valence-corrected chi connectivity index (χ3v) is 5.70. The lowest BCUT2D eigenvalue weighted by Gasteiger charge is -2.35. The molecule has 0 aromatic heterocycles. The van der Waals surface area contributed by atoms with Crippen LogP contribution in [0.25, 0.3) is 0 Å². The Morgan fingerprint density at radius 2 is 1.68 bits per heavy atom. The molecular weight excluding hydrogens is 350 g/mol. The fraction of sp³-hybridized carbons (Fsp3) is 0.391. The van der Waals surface area contributed by atoms with Gasteiger partial charge < -0.3 is 9.80 Å².